The predicted octanol–water partition coefficient (Wildman–Crippen LogP) is 1.96. The summed E-state index contributed by atoms with van der Waals surface area (Å²) < 4.78 is 5.18. The molecular weight excluding hydrogens is 242 g/mol. The lowest BCUT2D eigenvalue weighted by molar-refractivity contribution is 0.251. The zero-order valence-electron chi connectivity index (χ0n) is 11.2. The molecule has 104 valence electrons. The third-order valence-electron chi connectivity index (χ3n) is 3.30. The minimum absolute atomic E-state index is 0.192. The molecule has 2 rings (SSSR count). The Morgan fingerprint density at radius 3 is 3.05 bits per heavy atom. The minimum Gasteiger partial charge on any atom is -0.495 e. The van der Waals surface area contributed by atoms with Crippen LogP contribution in [0.4, 0.5) is 10.5 Å². The summed E-state index contributed by atoms with van der Waals surface area (Å²) in [6.45, 7) is 1.77. The van der Waals surface area contributed by atoms with E-state index in [-0.39, 0.29) is 6.03 Å². The van der Waals surface area contributed by atoms with E-state index >= 15 is 0 Å². The van der Waals surface area contributed by atoms with Crippen molar-refractivity contribution >= 4 is 11.7 Å². The minimum atomic E-state index is -0.192. The van der Waals surface area contributed by atoms with E-state index in [9.17, 15) is 4.79 Å². The van der Waals surface area contributed by atoms with Gasteiger partial charge in [0.05, 0.1) is 12.8 Å². The molecule has 0 radical (unpaired) electrons. The van der Waals surface area contributed by atoms with Gasteiger partial charge < -0.3 is 20.7 Å². The number of hydrogen-bond acceptors (Lipinski definition) is 3. The molecule has 1 fully saturated rings. The van der Waals surface area contributed by atoms with Crippen LogP contribution in [0.5, 0.6) is 5.75 Å². The van der Waals surface area contributed by atoms with Crippen LogP contribution in [-0.4, -0.2) is 32.3 Å². The zero-order valence-corrected chi connectivity index (χ0v) is 11.2. The van der Waals surface area contributed by atoms with Crippen LogP contribution in [-0.2, 0) is 0 Å². The fourth-order valence-corrected chi connectivity index (χ4v) is 2.28. The molecule has 1 aromatic rings. The number of urea groups is 1. The summed E-state index contributed by atoms with van der Waals surface area (Å²) in [4.78, 5) is 11.8. The lowest BCUT2D eigenvalue weighted by Gasteiger charge is -2.13. The Labute approximate surface area is 113 Å². The van der Waals surface area contributed by atoms with Crippen molar-refractivity contribution in [2.24, 2.45) is 0 Å². The fourth-order valence-electron chi connectivity index (χ4n) is 2.28. The standard InChI is InChI=1S/C14H21N3O2/c1-19-13-7-3-2-6-12(13)17-14(18)16-10-8-11-5-4-9-15-11/h2-3,6-7,11,15H,4-5,8-10H2,1H3,(H2,16,17,18). The molecule has 1 heterocycles. The Morgan fingerprint density at radius 1 is 1.47 bits per heavy atom. The molecule has 19 heavy (non-hydrogen) atoms. The molecule has 1 aromatic carbocycles. The highest BCUT2D eigenvalue weighted by Crippen LogP contribution is 2.22. The van der Waals surface area contributed by atoms with Crippen LogP contribution in [0.25, 0.3) is 0 Å². The molecule has 3 N–H and O–H groups in total. The van der Waals surface area contributed by atoms with E-state index in [1.54, 1.807) is 7.11 Å². The summed E-state index contributed by atoms with van der Waals surface area (Å²) in [5, 5.41) is 9.06. The normalized spacial score (nSPS) is 18.1. The van der Waals surface area contributed by atoms with Crippen molar-refractivity contribution in [2.75, 3.05) is 25.5 Å². The highest BCUT2D eigenvalue weighted by atomic mass is 16.5. The molecule has 1 atom stereocenters. The van der Waals surface area contributed by atoms with Crippen LogP contribution >= 0.6 is 0 Å². The lowest BCUT2D eigenvalue weighted by atomic mass is 10.1. The molecule has 1 aliphatic heterocycles. The molecule has 0 aromatic heterocycles. The Balaban J connectivity index is 1.74. The van der Waals surface area contributed by atoms with E-state index in [1.807, 2.05) is 24.3 Å². The molecule has 1 aliphatic rings. The average Bonchev–Trinajstić information content (AvgIpc) is 2.92. The smallest absolute Gasteiger partial charge is 0.319 e. The zero-order chi connectivity index (χ0) is 13.5. The molecule has 0 aliphatic carbocycles. The molecule has 5 nitrogen and oxygen atoms in total. The maximum absolute atomic E-state index is 11.8. The number of amides is 2. The van der Waals surface area contributed by atoms with Crippen LogP contribution in [0.2, 0.25) is 0 Å². The van der Waals surface area contributed by atoms with Gasteiger partial charge in [0.1, 0.15) is 5.75 Å². The van der Waals surface area contributed by atoms with Crippen LogP contribution < -0.4 is 20.7 Å². The number of methoxy groups -OCH3 is 1. The number of rotatable bonds is 5. The molecule has 1 unspecified atom stereocenters. The van der Waals surface area contributed by atoms with Gasteiger partial charge >= 0.3 is 6.03 Å². The van der Waals surface area contributed by atoms with Crippen molar-refractivity contribution in [2.45, 2.75) is 25.3 Å². The number of nitrogens with one attached hydrogen (secondary N) is 3. The van der Waals surface area contributed by atoms with Crippen molar-refractivity contribution in [1.29, 1.82) is 0 Å². The summed E-state index contributed by atoms with van der Waals surface area (Å²) in [7, 11) is 1.59. The van der Waals surface area contributed by atoms with Gasteiger partial charge in [-0.1, -0.05) is 12.1 Å². The number of hydrogen-bond donors (Lipinski definition) is 3. The third-order valence-corrected chi connectivity index (χ3v) is 3.30. The monoisotopic (exact) mass is 263 g/mol. The second-order valence-electron chi connectivity index (χ2n) is 4.66. The highest BCUT2D eigenvalue weighted by molar-refractivity contribution is 5.90. The van der Waals surface area contributed by atoms with Crippen LogP contribution in [0.1, 0.15) is 19.3 Å². The summed E-state index contributed by atoms with van der Waals surface area (Å²) >= 11 is 0. The van der Waals surface area contributed by atoms with Gasteiger partial charge in [-0.3, -0.25) is 0 Å². The van der Waals surface area contributed by atoms with E-state index < -0.39 is 0 Å². The number of ether oxygens (including phenoxy) is 1. The first-order valence-corrected chi connectivity index (χ1v) is 6.71. The predicted molar refractivity (Wildman–Crippen MR) is 75.7 cm³/mol. The maximum atomic E-state index is 11.8. The molecule has 0 spiro atoms. The first kappa shape index (κ1) is 13.7. The lowest BCUT2D eigenvalue weighted by Crippen LogP contribution is -2.33. The van der Waals surface area contributed by atoms with Crippen molar-refractivity contribution in [1.82, 2.24) is 10.6 Å². The molecule has 1 saturated heterocycles. The van der Waals surface area contributed by atoms with Gasteiger partial charge in [0.25, 0.3) is 0 Å². The highest BCUT2D eigenvalue weighted by Gasteiger charge is 2.13. The number of carbonyl (C=O) groups excluding carboxylic acids is 1. The second-order valence-corrected chi connectivity index (χ2v) is 4.66. The Kier molecular flexibility index (Phi) is 5.03. The van der Waals surface area contributed by atoms with Gasteiger partial charge in [-0.2, -0.15) is 0 Å². The van der Waals surface area contributed by atoms with Crippen molar-refractivity contribution < 1.29 is 9.53 Å². The summed E-state index contributed by atoms with van der Waals surface area (Å²) in [6.07, 6.45) is 3.41. The van der Waals surface area contributed by atoms with Crippen LogP contribution in [0.3, 0.4) is 0 Å². The SMILES string of the molecule is COc1ccccc1NC(=O)NCCC1CCCN1. The van der Waals surface area contributed by atoms with Crippen LogP contribution in [0.15, 0.2) is 24.3 Å². The summed E-state index contributed by atoms with van der Waals surface area (Å²) in [6, 6.07) is 7.72. The quantitative estimate of drug-likeness (QED) is 0.761. The summed E-state index contributed by atoms with van der Waals surface area (Å²) in [5.74, 6) is 0.662. The van der Waals surface area contributed by atoms with Gasteiger partial charge in [0, 0.05) is 12.6 Å². The summed E-state index contributed by atoms with van der Waals surface area (Å²) in [5.41, 5.74) is 0.682. The van der Waals surface area contributed by atoms with E-state index in [2.05, 4.69) is 16.0 Å². The van der Waals surface area contributed by atoms with E-state index in [0.717, 1.165) is 13.0 Å². The largest absolute Gasteiger partial charge is 0.495 e. The van der Waals surface area contributed by atoms with E-state index in [4.69, 9.17) is 4.74 Å². The fraction of sp³-hybridized carbons (Fsp3) is 0.500. The number of carbonyl (C=O) groups is 1. The van der Waals surface area contributed by atoms with E-state index in [1.165, 1.54) is 12.8 Å². The van der Waals surface area contributed by atoms with Crippen molar-refractivity contribution in [3.63, 3.8) is 0 Å². The molecule has 0 saturated carbocycles. The van der Waals surface area contributed by atoms with Gasteiger partial charge in [-0.25, -0.2) is 4.79 Å². The first-order valence-electron chi connectivity index (χ1n) is 6.71. The molecule has 2 amide bonds. The van der Waals surface area contributed by atoms with Gasteiger partial charge in [-0.05, 0) is 37.9 Å². The Morgan fingerprint density at radius 2 is 2.32 bits per heavy atom. The number of anilines is 1. The Hall–Kier alpha value is -1.75. The van der Waals surface area contributed by atoms with Gasteiger partial charge in [-0.15, -0.1) is 0 Å². The molecule has 5 heteroatoms. The van der Waals surface area contributed by atoms with Crippen LogP contribution in [0, 0.1) is 0 Å². The molecular formula is C14H21N3O2. The van der Waals surface area contributed by atoms with Gasteiger partial charge in [0.2, 0.25) is 0 Å². The van der Waals surface area contributed by atoms with Crippen molar-refractivity contribution in [3.05, 3.63) is 24.3 Å². The second kappa shape index (κ2) is 6.99. The number of para-hydroxylation sites is 2. The topological polar surface area (TPSA) is 62.4 Å². The third kappa shape index (κ3) is 4.13. The average molecular weight is 263 g/mol. The van der Waals surface area contributed by atoms with E-state index in [0.29, 0.717) is 24.0 Å². The Bertz CT molecular complexity index is 417. The maximum Gasteiger partial charge on any atom is 0.319 e. The molecule has 0 bridgehead atoms. The first-order chi connectivity index (χ1) is 9.29. The van der Waals surface area contributed by atoms with Gasteiger partial charge in [0.15, 0.2) is 0 Å². The number of benzene rings is 1. The van der Waals surface area contributed by atoms with Crippen molar-refractivity contribution in [3.8, 4) is 5.75 Å².